The minimum Gasteiger partial charge on any atom is -0.389 e. The quantitative estimate of drug-likeness (QED) is 0.541. The lowest BCUT2D eigenvalue weighted by Gasteiger charge is -2.14. The normalized spacial score (nSPS) is 30.1. The largest absolute Gasteiger partial charge is 0.389 e. The second kappa shape index (κ2) is 5.01. The molecule has 7 nitrogen and oxygen atoms in total. The molecular formula is C13H19N5O2. The van der Waals surface area contributed by atoms with Gasteiger partial charge in [0.25, 0.3) is 0 Å². The van der Waals surface area contributed by atoms with Gasteiger partial charge in [0, 0.05) is 17.8 Å². The van der Waals surface area contributed by atoms with E-state index in [2.05, 4.69) is 20.3 Å². The first-order chi connectivity index (χ1) is 9.63. The third-order valence-corrected chi connectivity index (χ3v) is 3.95. The van der Waals surface area contributed by atoms with Crippen LogP contribution >= 0.6 is 0 Å². The van der Waals surface area contributed by atoms with E-state index >= 15 is 0 Å². The smallest absolute Gasteiger partial charge is 0.151 e. The highest BCUT2D eigenvalue weighted by molar-refractivity contribution is 5.87. The number of nitrogens with zero attached hydrogens (tertiary/aromatic N) is 2. The van der Waals surface area contributed by atoms with Crippen molar-refractivity contribution in [3.63, 3.8) is 0 Å². The van der Waals surface area contributed by atoms with Crippen molar-refractivity contribution in [2.45, 2.75) is 44.1 Å². The van der Waals surface area contributed by atoms with Crippen LogP contribution in [-0.2, 0) is 0 Å². The maximum Gasteiger partial charge on any atom is 0.151 e. The first kappa shape index (κ1) is 13.3. The molecule has 0 radical (unpaired) electrons. The molecule has 0 aliphatic carbocycles. The lowest BCUT2D eigenvalue weighted by atomic mass is 10.0. The summed E-state index contributed by atoms with van der Waals surface area (Å²) in [5.74, 6) is 0.374. The summed E-state index contributed by atoms with van der Waals surface area (Å²) in [6.45, 7) is 2.05. The molecule has 1 aliphatic heterocycles. The number of aliphatic hydroxyl groups is 2. The first-order valence-electron chi connectivity index (χ1n) is 6.83. The number of hydrogen-bond donors (Lipinski definition) is 5. The van der Waals surface area contributed by atoms with Gasteiger partial charge >= 0.3 is 0 Å². The highest BCUT2D eigenvalue weighted by atomic mass is 16.3. The number of nitrogen functional groups attached to an aromatic ring is 1. The Morgan fingerprint density at radius 1 is 1.30 bits per heavy atom. The number of rotatable bonds is 3. The predicted molar refractivity (Wildman–Crippen MR) is 74.9 cm³/mol. The van der Waals surface area contributed by atoms with Gasteiger partial charge in [0.15, 0.2) is 5.82 Å². The van der Waals surface area contributed by atoms with Crippen LogP contribution in [0.15, 0.2) is 12.5 Å². The van der Waals surface area contributed by atoms with Gasteiger partial charge < -0.3 is 26.2 Å². The lowest BCUT2D eigenvalue weighted by molar-refractivity contribution is 0.0269. The zero-order valence-corrected chi connectivity index (χ0v) is 11.2. The SMILES string of the molecule is CCC[C@H]1N[C@@H](c2c[nH]c3c(N)ncnc23)[C@H](O)[C@@H]1O. The molecule has 0 aromatic carbocycles. The van der Waals surface area contributed by atoms with Crippen LogP contribution in [-0.4, -0.2) is 43.4 Å². The summed E-state index contributed by atoms with van der Waals surface area (Å²) < 4.78 is 0. The van der Waals surface area contributed by atoms with E-state index in [1.165, 1.54) is 6.33 Å². The molecular weight excluding hydrogens is 258 g/mol. The Balaban J connectivity index is 1.97. The summed E-state index contributed by atoms with van der Waals surface area (Å²) in [6, 6.07) is -0.464. The van der Waals surface area contributed by atoms with Crippen LogP contribution in [0.1, 0.15) is 31.4 Å². The molecule has 4 atom stereocenters. The van der Waals surface area contributed by atoms with E-state index in [4.69, 9.17) is 5.73 Å². The monoisotopic (exact) mass is 277 g/mol. The van der Waals surface area contributed by atoms with E-state index in [1.54, 1.807) is 6.20 Å². The van der Waals surface area contributed by atoms with Crippen LogP contribution in [0, 0.1) is 0 Å². The third kappa shape index (κ3) is 1.94. The number of aromatic amines is 1. The Morgan fingerprint density at radius 2 is 2.10 bits per heavy atom. The molecule has 0 bridgehead atoms. The van der Waals surface area contributed by atoms with Crippen molar-refractivity contribution in [2.24, 2.45) is 0 Å². The van der Waals surface area contributed by atoms with Crippen molar-refractivity contribution >= 4 is 16.9 Å². The number of fused-ring (bicyclic) bond motifs is 1. The van der Waals surface area contributed by atoms with E-state index in [9.17, 15) is 10.2 Å². The fraction of sp³-hybridized carbons (Fsp3) is 0.538. The number of aromatic nitrogens is 3. The lowest BCUT2D eigenvalue weighted by Crippen LogP contribution is -2.32. The highest BCUT2D eigenvalue weighted by Gasteiger charge is 2.42. The van der Waals surface area contributed by atoms with Crippen molar-refractivity contribution in [1.82, 2.24) is 20.3 Å². The Labute approximate surface area is 116 Å². The minimum absolute atomic E-state index is 0.107. The second-order valence-electron chi connectivity index (χ2n) is 5.25. The van der Waals surface area contributed by atoms with Crippen molar-refractivity contribution < 1.29 is 10.2 Å². The Morgan fingerprint density at radius 3 is 2.85 bits per heavy atom. The molecule has 20 heavy (non-hydrogen) atoms. The number of nitrogens with one attached hydrogen (secondary N) is 2. The number of H-pyrrole nitrogens is 1. The van der Waals surface area contributed by atoms with Gasteiger partial charge in [0.2, 0.25) is 0 Å². The van der Waals surface area contributed by atoms with Gasteiger partial charge in [-0.25, -0.2) is 9.97 Å². The summed E-state index contributed by atoms with van der Waals surface area (Å²) in [4.78, 5) is 11.2. The highest BCUT2D eigenvalue weighted by Crippen LogP contribution is 2.33. The van der Waals surface area contributed by atoms with E-state index in [-0.39, 0.29) is 12.1 Å². The molecule has 0 spiro atoms. The summed E-state index contributed by atoms with van der Waals surface area (Å²) in [6.07, 6.45) is 3.28. The van der Waals surface area contributed by atoms with E-state index in [0.29, 0.717) is 16.9 Å². The maximum absolute atomic E-state index is 10.3. The van der Waals surface area contributed by atoms with Crippen LogP contribution in [0.2, 0.25) is 0 Å². The van der Waals surface area contributed by atoms with Gasteiger partial charge in [-0.3, -0.25) is 0 Å². The third-order valence-electron chi connectivity index (χ3n) is 3.95. The average Bonchev–Trinajstić information content (AvgIpc) is 2.97. The molecule has 7 heteroatoms. The van der Waals surface area contributed by atoms with Crippen LogP contribution in [0.25, 0.3) is 11.0 Å². The molecule has 2 aromatic rings. The van der Waals surface area contributed by atoms with Crippen molar-refractivity contribution in [2.75, 3.05) is 5.73 Å². The summed E-state index contributed by atoms with van der Waals surface area (Å²) in [5, 5.41) is 23.6. The molecule has 2 aromatic heterocycles. The zero-order chi connectivity index (χ0) is 14.3. The van der Waals surface area contributed by atoms with Crippen molar-refractivity contribution in [3.8, 4) is 0 Å². The second-order valence-corrected chi connectivity index (χ2v) is 5.25. The number of anilines is 1. The molecule has 108 valence electrons. The van der Waals surface area contributed by atoms with Crippen molar-refractivity contribution in [3.05, 3.63) is 18.1 Å². The standard InChI is InChI=1S/C13H19N5O2/c1-2-3-7-11(19)12(20)9(18-7)6-4-15-10-8(6)16-5-17-13(10)14/h4-5,7,9,11-12,15,18-20H,2-3H2,1H3,(H2,14,16,17)/t7-,9+,11-,12+/m1/s1. The zero-order valence-electron chi connectivity index (χ0n) is 11.2. The Hall–Kier alpha value is -1.70. The van der Waals surface area contributed by atoms with E-state index in [0.717, 1.165) is 18.4 Å². The molecule has 3 rings (SSSR count). The predicted octanol–water partition coefficient (Wildman–Crippen LogP) is 0.0749. The Kier molecular flexibility index (Phi) is 3.33. The summed E-state index contributed by atoms with van der Waals surface area (Å²) in [7, 11) is 0. The molecule has 0 unspecified atom stereocenters. The molecule has 3 heterocycles. The average molecular weight is 277 g/mol. The topological polar surface area (TPSA) is 120 Å². The van der Waals surface area contributed by atoms with Crippen LogP contribution in [0.3, 0.4) is 0 Å². The molecule has 1 fully saturated rings. The molecule has 1 aliphatic rings. The molecule has 0 saturated carbocycles. The van der Waals surface area contributed by atoms with Crippen LogP contribution in [0.5, 0.6) is 0 Å². The fourth-order valence-electron chi connectivity index (χ4n) is 2.92. The van der Waals surface area contributed by atoms with E-state index < -0.39 is 12.2 Å². The first-order valence-corrected chi connectivity index (χ1v) is 6.83. The number of aliphatic hydroxyl groups excluding tert-OH is 2. The van der Waals surface area contributed by atoms with Gasteiger partial charge in [-0.1, -0.05) is 13.3 Å². The van der Waals surface area contributed by atoms with Gasteiger partial charge in [-0.2, -0.15) is 0 Å². The fourth-order valence-corrected chi connectivity index (χ4v) is 2.92. The van der Waals surface area contributed by atoms with Gasteiger partial charge in [0.05, 0.1) is 17.7 Å². The number of hydrogen-bond acceptors (Lipinski definition) is 6. The number of nitrogens with two attached hydrogens (primary N) is 1. The maximum atomic E-state index is 10.3. The Bertz CT molecular complexity index is 614. The van der Waals surface area contributed by atoms with Crippen molar-refractivity contribution in [1.29, 1.82) is 0 Å². The summed E-state index contributed by atoms with van der Waals surface area (Å²) >= 11 is 0. The van der Waals surface area contributed by atoms with Gasteiger partial charge in [-0.15, -0.1) is 0 Å². The van der Waals surface area contributed by atoms with Crippen LogP contribution < -0.4 is 11.1 Å². The summed E-state index contributed by atoms with van der Waals surface area (Å²) in [5.41, 5.74) is 7.93. The van der Waals surface area contributed by atoms with Crippen LogP contribution in [0.4, 0.5) is 5.82 Å². The molecule has 0 amide bonds. The van der Waals surface area contributed by atoms with Gasteiger partial charge in [-0.05, 0) is 6.42 Å². The van der Waals surface area contributed by atoms with E-state index in [1.807, 2.05) is 6.92 Å². The molecule has 6 N–H and O–H groups in total. The minimum atomic E-state index is -0.860. The van der Waals surface area contributed by atoms with Gasteiger partial charge in [0.1, 0.15) is 17.9 Å². The molecule has 1 saturated heterocycles.